The van der Waals surface area contributed by atoms with E-state index >= 15 is 0 Å². The van der Waals surface area contributed by atoms with Crippen molar-refractivity contribution in [2.75, 3.05) is 23.9 Å². The van der Waals surface area contributed by atoms with Gasteiger partial charge in [0.2, 0.25) is 0 Å². The highest BCUT2D eigenvalue weighted by Crippen LogP contribution is 2.36. The number of amides is 1. The molecule has 192 valence electrons. The van der Waals surface area contributed by atoms with Gasteiger partial charge in [0, 0.05) is 36.6 Å². The topological polar surface area (TPSA) is 72.9 Å². The maximum absolute atomic E-state index is 12.6. The average molecular weight is 523 g/mol. The van der Waals surface area contributed by atoms with E-state index in [4.69, 9.17) is 0 Å². The molecule has 1 aliphatic rings. The number of rotatable bonds is 6. The summed E-state index contributed by atoms with van der Waals surface area (Å²) in [4.78, 5) is 12.7. The van der Waals surface area contributed by atoms with Crippen molar-refractivity contribution in [3.63, 3.8) is 0 Å². The molecule has 35 heavy (non-hydrogen) atoms. The Morgan fingerprint density at radius 3 is 1.97 bits per heavy atom. The predicted octanol–water partition coefficient (Wildman–Crippen LogP) is 5.30. The number of ether oxygens (including phenoxy) is 1. The van der Waals surface area contributed by atoms with Crippen molar-refractivity contribution in [1.29, 1.82) is 0 Å². The van der Waals surface area contributed by atoms with E-state index in [1.807, 2.05) is 30.3 Å². The van der Waals surface area contributed by atoms with Crippen molar-refractivity contribution in [2.24, 2.45) is 5.92 Å². The average Bonchev–Trinajstić information content (AvgIpc) is 2.80. The van der Waals surface area contributed by atoms with Gasteiger partial charge in [-0.1, -0.05) is 42.5 Å². The Hall–Kier alpha value is -2.80. The monoisotopic (exact) mass is 523 g/mol. The first-order chi connectivity index (χ1) is 16.4. The molecule has 1 atom stereocenters. The van der Waals surface area contributed by atoms with Crippen LogP contribution in [-0.4, -0.2) is 57.8 Å². The van der Waals surface area contributed by atoms with Gasteiger partial charge in [0.15, 0.2) is 0 Å². The van der Waals surface area contributed by atoms with E-state index in [0.717, 1.165) is 20.3 Å². The summed E-state index contributed by atoms with van der Waals surface area (Å²) in [5, 5.41) is 0. The van der Waals surface area contributed by atoms with Crippen LogP contribution < -0.4 is 4.31 Å². The molecule has 1 heterocycles. The van der Waals surface area contributed by atoms with Gasteiger partial charge in [-0.2, -0.15) is 26.3 Å². The normalized spacial score (nSPS) is 16.3. The summed E-state index contributed by atoms with van der Waals surface area (Å²) in [7, 11) is 0. The number of hydrogen-bond acceptors (Lipinski definition) is 4. The molecule has 1 amide bonds. The number of halogens is 6. The maximum atomic E-state index is 12.6. The molecule has 0 radical (unpaired) electrons. The third kappa shape index (κ3) is 7.10. The zero-order valence-electron chi connectivity index (χ0n) is 18.1. The Morgan fingerprint density at radius 2 is 1.49 bits per heavy atom. The maximum Gasteiger partial charge on any atom is 0.434 e. The molecular weight excluding hydrogens is 502 g/mol. The molecule has 1 fully saturated rings. The molecule has 1 saturated heterocycles. The van der Waals surface area contributed by atoms with Crippen molar-refractivity contribution >= 4 is 23.0 Å². The van der Waals surface area contributed by atoms with Crippen LogP contribution in [0.1, 0.15) is 12.8 Å². The second kappa shape index (κ2) is 10.9. The molecular formula is C22H21F6N2O4S-. The number of nitrogens with zero attached hydrogens (tertiary/aromatic N) is 2. The van der Waals surface area contributed by atoms with E-state index in [0.29, 0.717) is 5.69 Å². The zero-order chi connectivity index (χ0) is 25.8. The summed E-state index contributed by atoms with van der Waals surface area (Å²) in [6, 6.07) is 16.2. The fraction of sp³-hybridized carbons (Fsp3) is 0.409. The lowest BCUT2D eigenvalue weighted by Crippen LogP contribution is -2.49. The van der Waals surface area contributed by atoms with Crippen molar-refractivity contribution in [1.82, 2.24) is 4.90 Å². The third-order valence-electron chi connectivity index (χ3n) is 5.55. The Balaban J connectivity index is 1.59. The molecule has 1 unspecified atom stereocenters. The number of carbonyl (C=O) groups is 1. The van der Waals surface area contributed by atoms with Crippen LogP contribution in [0.2, 0.25) is 0 Å². The van der Waals surface area contributed by atoms with Gasteiger partial charge in [-0.05, 0) is 42.0 Å². The van der Waals surface area contributed by atoms with Gasteiger partial charge in [-0.3, -0.25) is 4.21 Å². The van der Waals surface area contributed by atoms with Crippen LogP contribution in [0.15, 0.2) is 54.6 Å². The van der Waals surface area contributed by atoms with Crippen molar-refractivity contribution in [3.05, 3.63) is 54.6 Å². The summed E-state index contributed by atoms with van der Waals surface area (Å²) >= 11 is -2.62. The highest BCUT2D eigenvalue weighted by atomic mass is 32.2. The Morgan fingerprint density at radius 1 is 0.971 bits per heavy atom. The minimum Gasteiger partial charge on any atom is -0.755 e. The molecule has 0 aromatic heterocycles. The highest BCUT2D eigenvalue weighted by Gasteiger charge is 2.60. The van der Waals surface area contributed by atoms with Gasteiger partial charge in [-0.25, -0.2) is 4.79 Å². The SMILES string of the molecule is O=C(OC(C(F)(F)F)C(F)(F)F)N1CCC(CN(c2ccc(-c3ccccc3)cc2)S(=O)[O-])CC1. The lowest BCUT2D eigenvalue weighted by Gasteiger charge is -2.36. The lowest BCUT2D eigenvalue weighted by molar-refractivity contribution is -0.308. The predicted molar refractivity (Wildman–Crippen MR) is 115 cm³/mol. The van der Waals surface area contributed by atoms with Crippen LogP contribution >= 0.6 is 0 Å². The van der Waals surface area contributed by atoms with E-state index in [1.165, 1.54) is 0 Å². The minimum atomic E-state index is -5.79. The summed E-state index contributed by atoms with van der Waals surface area (Å²) in [6.45, 7) is -0.298. The van der Waals surface area contributed by atoms with Gasteiger partial charge in [0.05, 0.1) is 0 Å². The summed E-state index contributed by atoms with van der Waals surface area (Å²) < 4.78 is 104. The van der Waals surface area contributed by atoms with Crippen molar-refractivity contribution < 1.29 is 44.6 Å². The second-order valence-corrected chi connectivity index (χ2v) is 8.84. The number of piperidine rings is 1. The third-order valence-corrected chi connectivity index (χ3v) is 6.27. The molecule has 1 aliphatic heterocycles. The summed E-state index contributed by atoms with van der Waals surface area (Å²) in [5.41, 5.74) is 2.23. The van der Waals surface area contributed by atoms with E-state index in [9.17, 15) is 39.9 Å². The first-order valence-corrected chi connectivity index (χ1v) is 11.5. The number of anilines is 1. The van der Waals surface area contributed by atoms with E-state index in [-0.39, 0.29) is 38.4 Å². The minimum absolute atomic E-state index is 0.0391. The van der Waals surface area contributed by atoms with Crippen LogP contribution in [0.3, 0.4) is 0 Å². The lowest BCUT2D eigenvalue weighted by atomic mass is 9.97. The molecule has 2 aromatic rings. The fourth-order valence-electron chi connectivity index (χ4n) is 3.73. The van der Waals surface area contributed by atoms with Crippen LogP contribution in [0.5, 0.6) is 0 Å². The molecule has 0 saturated carbocycles. The Kier molecular flexibility index (Phi) is 8.31. The van der Waals surface area contributed by atoms with E-state index < -0.39 is 35.8 Å². The standard InChI is InChI=1S/C22H22F6N2O4S/c23-21(24,25)19(22(26,27)28)34-20(31)29-12-10-15(11-13-29)14-30(35(32)33)18-8-6-17(7-9-18)16-4-2-1-3-5-16/h1-9,15,19H,10-14H2,(H,32,33)/p-1. The summed E-state index contributed by atoms with van der Waals surface area (Å²) in [6.07, 6.45) is -17.2. The number of hydrogen-bond donors (Lipinski definition) is 0. The summed E-state index contributed by atoms with van der Waals surface area (Å²) in [5.74, 6) is -0.272. The Bertz CT molecular complexity index is 995. The second-order valence-electron chi connectivity index (χ2n) is 7.97. The van der Waals surface area contributed by atoms with Gasteiger partial charge < -0.3 is 18.5 Å². The van der Waals surface area contributed by atoms with Gasteiger partial charge >= 0.3 is 18.4 Å². The number of likely N-dealkylation sites (tertiary alicyclic amines) is 1. The molecule has 6 nitrogen and oxygen atoms in total. The number of alkyl halides is 6. The van der Waals surface area contributed by atoms with Gasteiger partial charge in [-0.15, -0.1) is 0 Å². The van der Waals surface area contributed by atoms with Gasteiger partial charge in [0.25, 0.3) is 6.10 Å². The highest BCUT2D eigenvalue weighted by molar-refractivity contribution is 7.80. The molecule has 0 spiro atoms. The van der Waals surface area contributed by atoms with E-state index in [1.54, 1.807) is 24.3 Å². The van der Waals surface area contributed by atoms with Crippen LogP contribution in [0, 0.1) is 5.92 Å². The fourth-order valence-corrected chi connectivity index (χ4v) is 4.36. The number of benzene rings is 2. The largest absolute Gasteiger partial charge is 0.755 e. The molecule has 13 heteroatoms. The van der Waals surface area contributed by atoms with Crippen LogP contribution in [0.4, 0.5) is 36.8 Å². The molecule has 2 aromatic carbocycles. The molecule has 0 N–H and O–H groups in total. The van der Waals surface area contributed by atoms with Crippen molar-refractivity contribution in [2.45, 2.75) is 31.3 Å². The first kappa shape index (κ1) is 26.8. The Labute approximate surface area is 199 Å². The van der Waals surface area contributed by atoms with Gasteiger partial charge in [0.1, 0.15) is 0 Å². The molecule has 3 rings (SSSR count). The molecule has 0 aliphatic carbocycles. The number of carbonyl (C=O) groups excluding carboxylic acids is 1. The smallest absolute Gasteiger partial charge is 0.434 e. The van der Waals surface area contributed by atoms with Crippen molar-refractivity contribution in [3.8, 4) is 11.1 Å². The zero-order valence-corrected chi connectivity index (χ0v) is 18.9. The first-order valence-electron chi connectivity index (χ1n) is 10.5. The van der Waals surface area contributed by atoms with Crippen LogP contribution in [0.25, 0.3) is 11.1 Å². The van der Waals surface area contributed by atoms with E-state index in [2.05, 4.69) is 4.74 Å². The van der Waals surface area contributed by atoms with Crippen LogP contribution in [-0.2, 0) is 16.0 Å². The quantitative estimate of drug-likeness (QED) is 0.381. The molecule has 0 bridgehead atoms.